The molecule has 166 valence electrons. The zero-order valence-electron chi connectivity index (χ0n) is 17.8. The molecule has 0 spiro atoms. The minimum absolute atomic E-state index is 0.0256. The lowest BCUT2D eigenvalue weighted by atomic mass is 9.97. The van der Waals surface area contributed by atoms with Gasteiger partial charge in [-0.3, -0.25) is 14.5 Å². The standard InChI is InChI=1S/C24H17ClN2O5S/c1-11-12(2)33-24(26-11)27-19(13-4-6-14(7-5-13)23(30)31-3)18-20(28)16-10-15(25)8-9-17(16)32-21(18)22(27)29/h4-10,19H,1-3H3. The second-order valence-electron chi connectivity index (χ2n) is 7.64. The van der Waals surface area contributed by atoms with Crippen molar-refractivity contribution in [1.82, 2.24) is 4.98 Å². The summed E-state index contributed by atoms with van der Waals surface area (Å²) in [7, 11) is 1.30. The average molecular weight is 481 g/mol. The Morgan fingerprint density at radius 3 is 2.52 bits per heavy atom. The highest BCUT2D eigenvalue weighted by Gasteiger charge is 2.45. The van der Waals surface area contributed by atoms with Crippen LogP contribution < -0.4 is 10.3 Å². The van der Waals surface area contributed by atoms with Crippen molar-refractivity contribution >= 4 is 50.9 Å². The van der Waals surface area contributed by atoms with Gasteiger partial charge < -0.3 is 9.15 Å². The molecule has 0 aliphatic carbocycles. The molecular weight excluding hydrogens is 464 g/mol. The molecule has 2 aromatic carbocycles. The molecule has 2 aromatic heterocycles. The Kier molecular flexibility index (Phi) is 5.07. The molecule has 0 fully saturated rings. The van der Waals surface area contributed by atoms with E-state index in [-0.39, 0.29) is 22.3 Å². The number of aryl methyl sites for hydroxylation is 2. The first kappa shape index (κ1) is 21.4. The summed E-state index contributed by atoms with van der Waals surface area (Å²) in [6.07, 6.45) is 0. The second-order valence-corrected chi connectivity index (χ2v) is 9.26. The Balaban J connectivity index is 1.77. The fourth-order valence-electron chi connectivity index (χ4n) is 3.94. The molecule has 0 radical (unpaired) electrons. The molecular formula is C24H17ClN2O5S. The number of thiazole rings is 1. The molecule has 0 saturated carbocycles. The van der Waals surface area contributed by atoms with Crippen molar-refractivity contribution in [2.24, 2.45) is 0 Å². The fourth-order valence-corrected chi connectivity index (χ4v) is 5.04. The van der Waals surface area contributed by atoms with Crippen LogP contribution in [0.1, 0.15) is 48.7 Å². The summed E-state index contributed by atoms with van der Waals surface area (Å²) in [5.41, 5.74) is 1.95. The van der Waals surface area contributed by atoms with Crippen molar-refractivity contribution in [3.8, 4) is 0 Å². The number of hydrogen-bond acceptors (Lipinski definition) is 7. The van der Waals surface area contributed by atoms with Crippen LogP contribution in [-0.2, 0) is 4.74 Å². The number of halogens is 1. The van der Waals surface area contributed by atoms with Gasteiger partial charge in [0.1, 0.15) is 5.58 Å². The number of carbonyl (C=O) groups is 2. The topological polar surface area (TPSA) is 89.7 Å². The van der Waals surface area contributed by atoms with Gasteiger partial charge in [-0.15, -0.1) is 11.3 Å². The van der Waals surface area contributed by atoms with E-state index in [1.807, 2.05) is 13.8 Å². The number of benzene rings is 2. The summed E-state index contributed by atoms with van der Waals surface area (Å²) in [6, 6.07) is 10.5. The maximum atomic E-state index is 13.6. The van der Waals surface area contributed by atoms with Crippen LogP contribution in [0.15, 0.2) is 51.7 Å². The van der Waals surface area contributed by atoms with E-state index in [1.165, 1.54) is 29.4 Å². The van der Waals surface area contributed by atoms with Crippen LogP contribution in [0.25, 0.3) is 11.0 Å². The molecule has 7 nitrogen and oxygen atoms in total. The summed E-state index contributed by atoms with van der Waals surface area (Å²) in [5.74, 6) is -0.954. The number of methoxy groups -OCH3 is 1. The zero-order valence-corrected chi connectivity index (χ0v) is 19.4. The highest BCUT2D eigenvalue weighted by Crippen LogP contribution is 2.43. The molecule has 9 heteroatoms. The SMILES string of the molecule is COC(=O)c1ccc(C2c3c(oc4ccc(Cl)cc4c3=O)C(=O)N2c2nc(C)c(C)s2)cc1. The highest BCUT2D eigenvalue weighted by molar-refractivity contribution is 7.15. The third-order valence-electron chi connectivity index (χ3n) is 5.70. The number of anilines is 1. The van der Waals surface area contributed by atoms with Crippen LogP contribution in [0, 0.1) is 13.8 Å². The number of carbonyl (C=O) groups excluding carboxylic acids is 2. The smallest absolute Gasteiger partial charge is 0.337 e. The van der Waals surface area contributed by atoms with Gasteiger partial charge in [-0.05, 0) is 49.7 Å². The van der Waals surface area contributed by atoms with Gasteiger partial charge in [0.25, 0.3) is 5.91 Å². The van der Waals surface area contributed by atoms with Crippen LogP contribution >= 0.6 is 22.9 Å². The first-order chi connectivity index (χ1) is 15.8. The molecule has 3 heterocycles. The number of nitrogens with zero attached hydrogens (tertiary/aromatic N) is 2. The predicted molar refractivity (Wildman–Crippen MR) is 126 cm³/mol. The normalized spacial score (nSPS) is 15.2. The van der Waals surface area contributed by atoms with Crippen LogP contribution in [-0.4, -0.2) is 24.0 Å². The predicted octanol–water partition coefficient (Wildman–Crippen LogP) is 5.06. The first-order valence-electron chi connectivity index (χ1n) is 10.0. The minimum Gasteiger partial charge on any atom is -0.465 e. The molecule has 0 N–H and O–H groups in total. The maximum Gasteiger partial charge on any atom is 0.337 e. The lowest BCUT2D eigenvalue weighted by molar-refractivity contribution is 0.0600. The molecule has 1 aliphatic heterocycles. The second kappa shape index (κ2) is 7.83. The number of hydrogen-bond donors (Lipinski definition) is 0. The third-order valence-corrected chi connectivity index (χ3v) is 7.01. The quantitative estimate of drug-likeness (QED) is 0.381. The Bertz CT molecular complexity index is 1490. The van der Waals surface area contributed by atoms with E-state index >= 15 is 0 Å². The fraction of sp³-hybridized carbons (Fsp3) is 0.167. The molecule has 0 bridgehead atoms. The molecule has 1 unspecified atom stereocenters. The van der Waals surface area contributed by atoms with E-state index in [0.717, 1.165) is 10.6 Å². The maximum absolute atomic E-state index is 13.6. The van der Waals surface area contributed by atoms with E-state index in [1.54, 1.807) is 36.4 Å². The molecule has 1 atom stereocenters. The van der Waals surface area contributed by atoms with Crippen molar-refractivity contribution in [1.29, 1.82) is 0 Å². The Labute approximate surface area is 197 Å². The van der Waals surface area contributed by atoms with Gasteiger partial charge in [0.2, 0.25) is 5.76 Å². The summed E-state index contributed by atoms with van der Waals surface area (Å²) in [4.78, 5) is 46.0. The van der Waals surface area contributed by atoms with Crippen LogP contribution in [0.4, 0.5) is 5.13 Å². The lowest BCUT2D eigenvalue weighted by Crippen LogP contribution is -2.29. The summed E-state index contributed by atoms with van der Waals surface area (Å²) >= 11 is 7.48. The Hall–Kier alpha value is -3.49. The highest BCUT2D eigenvalue weighted by atomic mass is 35.5. The van der Waals surface area contributed by atoms with Crippen molar-refractivity contribution in [2.75, 3.05) is 12.0 Å². The number of esters is 1. The Morgan fingerprint density at radius 2 is 1.88 bits per heavy atom. The van der Waals surface area contributed by atoms with Crippen molar-refractivity contribution in [2.45, 2.75) is 19.9 Å². The number of fused-ring (bicyclic) bond motifs is 2. The summed E-state index contributed by atoms with van der Waals surface area (Å²) < 4.78 is 10.7. The van der Waals surface area contributed by atoms with Gasteiger partial charge in [-0.1, -0.05) is 23.7 Å². The van der Waals surface area contributed by atoms with Gasteiger partial charge in [0.05, 0.1) is 35.4 Å². The van der Waals surface area contributed by atoms with Gasteiger partial charge in [0.15, 0.2) is 10.6 Å². The molecule has 1 aliphatic rings. The first-order valence-corrected chi connectivity index (χ1v) is 11.2. The molecule has 4 aromatic rings. The number of amides is 1. The van der Waals surface area contributed by atoms with E-state index in [4.69, 9.17) is 20.8 Å². The van der Waals surface area contributed by atoms with Gasteiger partial charge in [-0.2, -0.15) is 0 Å². The molecule has 0 saturated heterocycles. The van der Waals surface area contributed by atoms with E-state index in [2.05, 4.69) is 4.98 Å². The zero-order chi connectivity index (χ0) is 23.4. The van der Waals surface area contributed by atoms with Crippen LogP contribution in [0.2, 0.25) is 5.02 Å². The average Bonchev–Trinajstić information content (AvgIpc) is 3.29. The number of aromatic nitrogens is 1. The number of rotatable bonds is 3. The minimum atomic E-state index is -0.774. The van der Waals surface area contributed by atoms with Crippen LogP contribution in [0.3, 0.4) is 0 Å². The Morgan fingerprint density at radius 1 is 1.15 bits per heavy atom. The van der Waals surface area contributed by atoms with Gasteiger partial charge in [0, 0.05) is 9.90 Å². The number of ether oxygens (including phenoxy) is 1. The van der Waals surface area contributed by atoms with Crippen molar-refractivity contribution in [3.05, 3.63) is 90.7 Å². The monoisotopic (exact) mass is 480 g/mol. The third kappa shape index (κ3) is 3.34. The van der Waals surface area contributed by atoms with E-state index < -0.39 is 17.9 Å². The van der Waals surface area contributed by atoms with Crippen LogP contribution in [0.5, 0.6) is 0 Å². The van der Waals surface area contributed by atoms with E-state index in [0.29, 0.717) is 26.7 Å². The van der Waals surface area contributed by atoms with Gasteiger partial charge >= 0.3 is 5.97 Å². The lowest BCUT2D eigenvalue weighted by Gasteiger charge is -2.22. The summed E-state index contributed by atoms with van der Waals surface area (Å²) in [5, 5.41) is 1.14. The summed E-state index contributed by atoms with van der Waals surface area (Å²) in [6.45, 7) is 3.78. The van der Waals surface area contributed by atoms with Crippen molar-refractivity contribution < 1.29 is 18.7 Å². The van der Waals surface area contributed by atoms with E-state index in [9.17, 15) is 14.4 Å². The largest absolute Gasteiger partial charge is 0.465 e. The molecule has 1 amide bonds. The molecule has 5 rings (SSSR count). The van der Waals surface area contributed by atoms with Gasteiger partial charge in [-0.25, -0.2) is 9.78 Å². The molecule has 33 heavy (non-hydrogen) atoms. The van der Waals surface area contributed by atoms with Crippen molar-refractivity contribution in [3.63, 3.8) is 0 Å².